The molecule has 1 fully saturated rings. The van der Waals surface area contributed by atoms with Gasteiger partial charge in [-0.15, -0.1) is 0 Å². The molecule has 0 bridgehead atoms. The summed E-state index contributed by atoms with van der Waals surface area (Å²) in [5.74, 6) is 1.16. The maximum Gasteiger partial charge on any atom is 0.252 e. The fourth-order valence-electron chi connectivity index (χ4n) is 2.65. The summed E-state index contributed by atoms with van der Waals surface area (Å²) >= 11 is 0. The van der Waals surface area contributed by atoms with Crippen molar-refractivity contribution in [1.82, 2.24) is 10.3 Å². The largest absolute Gasteiger partial charge is 0.497 e. The summed E-state index contributed by atoms with van der Waals surface area (Å²) < 4.78 is 5.25. The number of methoxy groups -OCH3 is 1. The Labute approximate surface area is 129 Å². The van der Waals surface area contributed by atoms with Crippen LogP contribution in [-0.2, 0) is 0 Å². The first-order valence-electron chi connectivity index (χ1n) is 7.57. The number of nitrogens with one attached hydrogen (secondary N) is 1. The van der Waals surface area contributed by atoms with Crippen molar-refractivity contribution in [1.29, 1.82) is 0 Å². The normalized spacial score (nSPS) is 15.6. The minimum Gasteiger partial charge on any atom is -0.497 e. The maximum absolute atomic E-state index is 12.5. The number of carbonyl (C=O) groups is 1. The summed E-state index contributed by atoms with van der Waals surface area (Å²) in [5.41, 5.74) is 8.27. The van der Waals surface area contributed by atoms with Gasteiger partial charge in [0.25, 0.3) is 5.91 Å². The van der Waals surface area contributed by atoms with Gasteiger partial charge in [-0.25, -0.2) is 0 Å². The lowest BCUT2D eigenvalue weighted by molar-refractivity contribution is 0.0952. The molecular formula is C17H21N3O2. The number of hydrogen-bond acceptors (Lipinski definition) is 4. The van der Waals surface area contributed by atoms with Crippen molar-refractivity contribution in [2.45, 2.75) is 25.8 Å². The minimum atomic E-state index is -0.111. The van der Waals surface area contributed by atoms with Crippen LogP contribution in [0.5, 0.6) is 5.75 Å². The van der Waals surface area contributed by atoms with Gasteiger partial charge in [0.2, 0.25) is 0 Å². The molecule has 2 aromatic rings. The summed E-state index contributed by atoms with van der Waals surface area (Å²) in [6.07, 6.45) is 2.34. The Balaban J connectivity index is 1.88. The quantitative estimate of drug-likeness (QED) is 0.885. The van der Waals surface area contributed by atoms with E-state index in [9.17, 15) is 4.79 Å². The van der Waals surface area contributed by atoms with Gasteiger partial charge in [-0.05, 0) is 49.9 Å². The van der Waals surface area contributed by atoms with Crippen LogP contribution >= 0.6 is 0 Å². The van der Waals surface area contributed by atoms with E-state index in [0.29, 0.717) is 23.8 Å². The maximum atomic E-state index is 12.5. The van der Waals surface area contributed by atoms with E-state index in [1.807, 2.05) is 25.1 Å². The fraction of sp³-hybridized carbons (Fsp3) is 0.412. The van der Waals surface area contributed by atoms with Gasteiger partial charge in [-0.1, -0.05) is 0 Å². The van der Waals surface area contributed by atoms with Gasteiger partial charge >= 0.3 is 0 Å². The number of carbonyl (C=O) groups excluding carboxylic acids is 1. The van der Waals surface area contributed by atoms with Crippen LogP contribution in [0.2, 0.25) is 0 Å². The van der Waals surface area contributed by atoms with E-state index in [0.717, 1.165) is 16.6 Å². The van der Waals surface area contributed by atoms with Gasteiger partial charge in [-0.2, -0.15) is 0 Å². The van der Waals surface area contributed by atoms with Gasteiger partial charge in [0.1, 0.15) is 5.75 Å². The highest BCUT2D eigenvalue weighted by atomic mass is 16.5. The van der Waals surface area contributed by atoms with Gasteiger partial charge in [0.05, 0.1) is 18.2 Å². The zero-order valence-corrected chi connectivity index (χ0v) is 12.9. The zero-order valence-electron chi connectivity index (χ0n) is 12.9. The molecule has 22 heavy (non-hydrogen) atoms. The number of fused-ring (bicyclic) bond motifs is 1. The average Bonchev–Trinajstić information content (AvgIpc) is 3.35. The number of amides is 1. The molecule has 1 aromatic carbocycles. The average molecular weight is 299 g/mol. The molecule has 1 aromatic heterocycles. The predicted molar refractivity (Wildman–Crippen MR) is 86.1 cm³/mol. The number of pyridine rings is 1. The number of rotatable bonds is 5. The predicted octanol–water partition coefficient (Wildman–Crippen LogP) is 2.02. The summed E-state index contributed by atoms with van der Waals surface area (Å²) in [5, 5.41) is 3.74. The minimum absolute atomic E-state index is 0.0488. The van der Waals surface area contributed by atoms with E-state index in [1.165, 1.54) is 12.8 Å². The zero-order chi connectivity index (χ0) is 15.7. The Hall–Kier alpha value is -2.14. The second-order valence-electron chi connectivity index (χ2n) is 5.91. The number of benzene rings is 1. The van der Waals surface area contributed by atoms with Crippen molar-refractivity contribution in [3.05, 3.63) is 35.5 Å². The molecule has 0 aliphatic heterocycles. The molecule has 1 aliphatic rings. The molecule has 1 atom stereocenters. The number of aromatic nitrogens is 1. The standard InChI is InChI=1S/C17H21N3O2/c1-10-7-14(17(21)19-9-15(18)11-3-4-11)13-8-12(22-2)5-6-16(13)20-10/h5-8,11,15H,3-4,9,18H2,1-2H3,(H,19,21). The van der Waals surface area contributed by atoms with Crippen molar-refractivity contribution in [3.63, 3.8) is 0 Å². The summed E-state index contributed by atoms with van der Waals surface area (Å²) in [6.45, 7) is 2.40. The lowest BCUT2D eigenvalue weighted by Crippen LogP contribution is -2.38. The van der Waals surface area contributed by atoms with Crippen molar-refractivity contribution in [2.75, 3.05) is 13.7 Å². The topological polar surface area (TPSA) is 77.2 Å². The molecule has 116 valence electrons. The van der Waals surface area contributed by atoms with Crippen LogP contribution in [0.25, 0.3) is 10.9 Å². The first kappa shape index (κ1) is 14.8. The van der Waals surface area contributed by atoms with Crippen LogP contribution < -0.4 is 15.8 Å². The molecule has 0 saturated heterocycles. The Kier molecular flexibility index (Phi) is 3.98. The molecule has 0 spiro atoms. The van der Waals surface area contributed by atoms with Gasteiger partial charge in [-0.3, -0.25) is 9.78 Å². The Morgan fingerprint density at radius 3 is 2.91 bits per heavy atom. The number of aryl methyl sites for hydroxylation is 1. The summed E-state index contributed by atoms with van der Waals surface area (Å²) in [6, 6.07) is 7.41. The second kappa shape index (κ2) is 5.93. The molecular weight excluding hydrogens is 278 g/mol. The fourth-order valence-corrected chi connectivity index (χ4v) is 2.65. The number of nitrogens with two attached hydrogens (primary N) is 1. The van der Waals surface area contributed by atoms with Crippen LogP contribution in [0.3, 0.4) is 0 Å². The van der Waals surface area contributed by atoms with Crippen LogP contribution in [0.15, 0.2) is 24.3 Å². The molecule has 1 aliphatic carbocycles. The summed E-state index contributed by atoms with van der Waals surface area (Å²) in [7, 11) is 1.61. The smallest absolute Gasteiger partial charge is 0.252 e. The molecule has 5 heteroatoms. The highest BCUT2D eigenvalue weighted by Gasteiger charge is 2.28. The molecule has 1 amide bonds. The third-order valence-electron chi connectivity index (χ3n) is 4.11. The van der Waals surface area contributed by atoms with Gasteiger partial charge in [0.15, 0.2) is 0 Å². The number of hydrogen-bond donors (Lipinski definition) is 2. The highest BCUT2D eigenvalue weighted by molar-refractivity contribution is 6.06. The van der Waals surface area contributed by atoms with Crippen molar-refractivity contribution < 1.29 is 9.53 Å². The second-order valence-corrected chi connectivity index (χ2v) is 5.91. The first-order chi connectivity index (χ1) is 10.6. The number of nitrogens with zero attached hydrogens (tertiary/aromatic N) is 1. The highest BCUT2D eigenvalue weighted by Crippen LogP contribution is 2.31. The first-order valence-corrected chi connectivity index (χ1v) is 7.57. The molecule has 1 unspecified atom stereocenters. The van der Waals surface area contributed by atoms with E-state index in [-0.39, 0.29) is 11.9 Å². The molecule has 5 nitrogen and oxygen atoms in total. The van der Waals surface area contributed by atoms with Crippen LogP contribution in [0.4, 0.5) is 0 Å². The van der Waals surface area contributed by atoms with Crippen LogP contribution in [-0.4, -0.2) is 30.6 Å². The van der Waals surface area contributed by atoms with Crippen molar-refractivity contribution >= 4 is 16.8 Å². The number of ether oxygens (including phenoxy) is 1. The lowest BCUT2D eigenvalue weighted by Gasteiger charge is -2.13. The Morgan fingerprint density at radius 1 is 1.45 bits per heavy atom. The summed E-state index contributed by atoms with van der Waals surface area (Å²) in [4.78, 5) is 17.0. The van der Waals surface area contributed by atoms with Crippen molar-refractivity contribution in [2.24, 2.45) is 11.7 Å². The monoisotopic (exact) mass is 299 g/mol. The van der Waals surface area contributed by atoms with E-state index in [2.05, 4.69) is 10.3 Å². The van der Waals surface area contributed by atoms with Crippen LogP contribution in [0, 0.1) is 12.8 Å². The van der Waals surface area contributed by atoms with E-state index >= 15 is 0 Å². The molecule has 3 N–H and O–H groups in total. The third-order valence-corrected chi connectivity index (χ3v) is 4.11. The SMILES string of the molecule is COc1ccc2nc(C)cc(C(=O)NCC(N)C3CC3)c2c1. The molecule has 3 rings (SSSR count). The Bertz CT molecular complexity index is 710. The van der Waals surface area contributed by atoms with Crippen LogP contribution in [0.1, 0.15) is 28.9 Å². The molecule has 1 saturated carbocycles. The lowest BCUT2D eigenvalue weighted by atomic mass is 10.1. The van der Waals surface area contributed by atoms with E-state index in [4.69, 9.17) is 10.5 Å². The molecule has 0 radical (unpaired) electrons. The molecule has 1 heterocycles. The third kappa shape index (κ3) is 3.04. The van der Waals surface area contributed by atoms with E-state index in [1.54, 1.807) is 13.2 Å². The van der Waals surface area contributed by atoms with Gasteiger partial charge in [0, 0.05) is 23.7 Å². The van der Waals surface area contributed by atoms with E-state index < -0.39 is 0 Å². The van der Waals surface area contributed by atoms with Crippen molar-refractivity contribution in [3.8, 4) is 5.75 Å². The van der Waals surface area contributed by atoms with Gasteiger partial charge < -0.3 is 15.8 Å². The Morgan fingerprint density at radius 2 is 2.23 bits per heavy atom.